The lowest BCUT2D eigenvalue weighted by Gasteiger charge is -2.30. The fourth-order valence-corrected chi connectivity index (χ4v) is 2.94. The van der Waals surface area contributed by atoms with Crippen LogP contribution in [0.1, 0.15) is 31.9 Å². The Labute approximate surface area is 171 Å². The van der Waals surface area contributed by atoms with E-state index in [1.165, 1.54) is 4.90 Å². The third-order valence-corrected chi connectivity index (χ3v) is 4.36. The van der Waals surface area contributed by atoms with Crippen LogP contribution in [0.25, 0.3) is 0 Å². The number of hydrogen-bond donors (Lipinski definition) is 2. The maximum atomic E-state index is 12.7. The molecule has 2 rings (SSSR count). The van der Waals surface area contributed by atoms with Crippen molar-refractivity contribution in [1.82, 2.24) is 4.90 Å². The number of carboxylic acids is 1. The van der Waals surface area contributed by atoms with Crippen LogP contribution < -0.4 is 0 Å². The first-order valence-corrected chi connectivity index (χ1v) is 9.62. The van der Waals surface area contributed by atoms with Crippen molar-refractivity contribution in [1.29, 1.82) is 0 Å². The number of carboxylic acid groups (broad SMARTS) is 1. The molecule has 0 saturated heterocycles. The van der Waals surface area contributed by atoms with Gasteiger partial charge in [0.1, 0.15) is 5.60 Å². The molecule has 0 fully saturated rings. The molecule has 6 nitrogen and oxygen atoms in total. The molecule has 2 N–H and O–H groups in total. The molecular weight excluding hydrogens is 370 g/mol. The van der Waals surface area contributed by atoms with Crippen LogP contribution in [0.2, 0.25) is 0 Å². The van der Waals surface area contributed by atoms with Crippen LogP contribution in [0.4, 0.5) is 4.79 Å². The summed E-state index contributed by atoms with van der Waals surface area (Å²) in [7, 11) is 0. The standard InChI is InChI=1S/C23H29NO5/c1-23(2,3)29-22(28)24(15-18-12-8-5-9-13-18)16-20(25)19(21(26)27)14-17-10-6-4-7-11-17/h4-13,19-20,25H,14-16H2,1-3H3,(H,26,27)/t19-,20-/m1/s1. The number of aliphatic carboxylic acids is 1. The molecule has 0 bridgehead atoms. The molecule has 29 heavy (non-hydrogen) atoms. The zero-order chi connectivity index (χ0) is 21.4. The summed E-state index contributed by atoms with van der Waals surface area (Å²) in [5.74, 6) is -2.15. The number of amides is 1. The van der Waals surface area contributed by atoms with Gasteiger partial charge in [0, 0.05) is 6.54 Å². The van der Waals surface area contributed by atoms with Gasteiger partial charge in [-0.3, -0.25) is 4.79 Å². The van der Waals surface area contributed by atoms with Gasteiger partial charge in [-0.05, 0) is 38.3 Å². The van der Waals surface area contributed by atoms with Gasteiger partial charge < -0.3 is 19.8 Å². The fourth-order valence-electron chi connectivity index (χ4n) is 2.94. The van der Waals surface area contributed by atoms with Crippen LogP contribution in [0.5, 0.6) is 0 Å². The average Bonchev–Trinajstić information content (AvgIpc) is 2.65. The van der Waals surface area contributed by atoms with Gasteiger partial charge in [-0.2, -0.15) is 0 Å². The third kappa shape index (κ3) is 7.58. The molecule has 0 saturated carbocycles. The van der Waals surface area contributed by atoms with E-state index >= 15 is 0 Å². The summed E-state index contributed by atoms with van der Waals surface area (Å²) < 4.78 is 5.46. The van der Waals surface area contributed by atoms with Crippen LogP contribution in [-0.2, 0) is 22.5 Å². The van der Waals surface area contributed by atoms with Crippen LogP contribution in [0.3, 0.4) is 0 Å². The number of carbonyl (C=O) groups is 2. The first-order chi connectivity index (χ1) is 13.7. The van der Waals surface area contributed by atoms with Crippen molar-refractivity contribution in [3.8, 4) is 0 Å². The van der Waals surface area contributed by atoms with Crippen molar-refractivity contribution in [3.05, 3.63) is 71.8 Å². The number of benzene rings is 2. The Balaban J connectivity index is 2.17. The van der Waals surface area contributed by atoms with Gasteiger partial charge >= 0.3 is 12.1 Å². The summed E-state index contributed by atoms with van der Waals surface area (Å²) >= 11 is 0. The van der Waals surface area contributed by atoms with Crippen LogP contribution in [-0.4, -0.2) is 45.4 Å². The molecule has 0 heterocycles. The van der Waals surface area contributed by atoms with Gasteiger partial charge in [0.05, 0.1) is 18.6 Å². The van der Waals surface area contributed by atoms with Gasteiger partial charge in [-0.25, -0.2) is 4.79 Å². The first-order valence-electron chi connectivity index (χ1n) is 9.62. The molecule has 0 aliphatic heterocycles. The second-order valence-electron chi connectivity index (χ2n) is 8.05. The Morgan fingerprint density at radius 1 is 0.966 bits per heavy atom. The highest BCUT2D eigenvalue weighted by Gasteiger charge is 2.31. The zero-order valence-electron chi connectivity index (χ0n) is 17.1. The van der Waals surface area contributed by atoms with E-state index in [1.807, 2.05) is 60.7 Å². The van der Waals surface area contributed by atoms with E-state index < -0.39 is 29.7 Å². The molecular formula is C23H29NO5. The van der Waals surface area contributed by atoms with E-state index in [1.54, 1.807) is 20.8 Å². The maximum Gasteiger partial charge on any atom is 0.410 e. The van der Waals surface area contributed by atoms with Crippen molar-refractivity contribution in [3.63, 3.8) is 0 Å². The van der Waals surface area contributed by atoms with Gasteiger partial charge in [0.2, 0.25) is 0 Å². The molecule has 0 radical (unpaired) electrons. The summed E-state index contributed by atoms with van der Waals surface area (Å²) in [6, 6.07) is 18.4. The molecule has 1 amide bonds. The van der Waals surface area contributed by atoms with E-state index in [-0.39, 0.29) is 19.5 Å². The van der Waals surface area contributed by atoms with Crippen molar-refractivity contribution in [2.24, 2.45) is 5.92 Å². The lowest BCUT2D eigenvalue weighted by atomic mass is 9.93. The monoisotopic (exact) mass is 399 g/mol. The number of rotatable bonds is 8. The Morgan fingerprint density at radius 2 is 1.48 bits per heavy atom. The zero-order valence-corrected chi connectivity index (χ0v) is 17.1. The van der Waals surface area contributed by atoms with Crippen molar-refractivity contribution >= 4 is 12.1 Å². The summed E-state index contributed by atoms with van der Waals surface area (Å²) in [4.78, 5) is 25.8. The van der Waals surface area contributed by atoms with E-state index in [0.29, 0.717) is 0 Å². The fraction of sp³-hybridized carbons (Fsp3) is 0.391. The van der Waals surface area contributed by atoms with Gasteiger partial charge in [0.25, 0.3) is 0 Å². The highest BCUT2D eigenvalue weighted by atomic mass is 16.6. The van der Waals surface area contributed by atoms with Crippen molar-refractivity contribution in [2.45, 2.75) is 45.4 Å². The molecule has 0 spiro atoms. The predicted octanol–water partition coefficient (Wildman–Crippen LogP) is 3.73. The molecule has 0 aliphatic carbocycles. The highest BCUT2D eigenvalue weighted by Crippen LogP contribution is 2.18. The number of carbonyl (C=O) groups excluding carboxylic acids is 1. The lowest BCUT2D eigenvalue weighted by Crippen LogP contribution is -2.44. The number of hydrogen-bond acceptors (Lipinski definition) is 4. The third-order valence-electron chi connectivity index (χ3n) is 4.36. The second-order valence-corrected chi connectivity index (χ2v) is 8.05. The molecule has 6 heteroatoms. The molecule has 2 aromatic carbocycles. The molecule has 0 aliphatic rings. The van der Waals surface area contributed by atoms with Gasteiger partial charge in [0.15, 0.2) is 0 Å². The summed E-state index contributed by atoms with van der Waals surface area (Å²) in [6.45, 7) is 5.35. The minimum Gasteiger partial charge on any atom is -0.481 e. The number of ether oxygens (including phenoxy) is 1. The summed E-state index contributed by atoms with van der Waals surface area (Å²) in [5.41, 5.74) is 0.971. The summed E-state index contributed by atoms with van der Waals surface area (Å²) in [6.07, 6.45) is -1.67. The second kappa shape index (κ2) is 10.1. The van der Waals surface area contributed by atoms with E-state index in [0.717, 1.165) is 11.1 Å². The van der Waals surface area contributed by atoms with E-state index in [4.69, 9.17) is 4.74 Å². The SMILES string of the molecule is CC(C)(C)OC(=O)N(Cc1ccccc1)C[C@@H](O)[C@@H](Cc1ccccc1)C(=O)O. The molecule has 2 atom stereocenters. The van der Waals surface area contributed by atoms with Crippen LogP contribution in [0.15, 0.2) is 60.7 Å². The predicted molar refractivity (Wildman–Crippen MR) is 110 cm³/mol. The first kappa shape index (κ1) is 22.4. The summed E-state index contributed by atoms with van der Waals surface area (Å²) in [5, 5.41) is 20.3. The maximum absolute atomic E-state index is 12.7. The minimum atomic E-state index is -1.25. The Hall–Kier alpha value is -2.86. The Kier molecular flexibility index (Phi) is 7.79. The quantitative estimate of drug-likeness (QED) is 0.706. The largest absolute Gasteiger partial charge is 0.481 e. The number of aliphatic hydroxyl groups is 1. The number of nitrogens with zero attached hydrogens (tertiary/aromatic N) is 1. The number of aliphatic hydroxyl groups excluding tert-OH is 1. The normalized spacial score (nSPS) is 13.4. The topological polar surface area (TPSA) is 87.1 Å². The van der Waals surface area contributed by atoms with E-state index in [2.05, 4.69) is 0 Å². The average molecular weight is 399 g/mol. The minimum absolute atomic E-state index is 0.145. The van der Waals surface area contributed by atoms with E-state index in [9.17, 15) is 19.8 Å². The molecule has 156 valence electrons. The van der Waals surface area contributed by atoms with Gasteiger partial charge in [-0.15, -0.1) is 0 Å². The molecule has 0 unspecified atom stereocenters. The van der Waals surface area contributed by atoms with Gasteiger partial charge in [-0.1, -0.05) is 60.7 Å². The Bertz CT molecular complexity index is 786. The van der Waals surface area contributed by atoms with Crippen molar-refractivity contribution < 1.29 is 24.5 Å². The lowest BCUT2D eigenvalue weighted by molar-refractivity contribution is -0.146. The Morgan fingerprint density at radius 3 is 1.97 bits per heavy atom. The molecule has 0 aromatic heterocycles. The van der Waals surface area contributed by atoms with Crippen molar-refractivity contribution in [2.75, 3.05) is 6.54 Å². The van der Waals surface area contributed by atoms with Crippen LogP contribution in [0, 0.1) is 5.92 Å². The van der Waals surface area contributed by atoms with Crippen LogP contribution >= 0.6 is 0 Å². The smallest absolute Gasteiger partial charge is 0.410 e. The highest BCUT2D eigenvalue weighted by molar-refractivity contribution is 5.72. The molecule has 2 aromatic rings.